The number of aromatic nitrogens is 1. The molecule has 4 nitrogen and oxygen atoms in total. The van der Waals surface area contributed by atoms with E-state index in [-0.39, 0.29) is 0 Å². The van der Waals surface area contributed by atoms with E-state index in [1.54, 1.807) is 0 Å². The lowest BCUT2D eigenvalue weighted by Gasteiger charge is -2.22. The predicted octanol–water partition coefficient (Wildman–Crippen LogP) is 5.66. The van der Waals surface area contributed by atoms with Gasteiger partial charge in [0.1, 0.15) is 0 Å². The Morgan fingerprint density at radius 3 is 2.48 bits per heavy atom. The van der Waals surface area contributed by atoms with Crippen molar-refractivity contribution in [3.63, 3.8) is 0 Å². The number of aromatic carboxylic acids is 1. The zero-order chi connectivity index (χ0) is 20.4. The monoisotopic (exact) mass is 386 g/mol. The van der Waals surface area contributed by atoms with Crippen LogP contribution in [0.5, 0.6) is 0 Å². The third-order valence-electron chi connectivity index (χ3n) is 5.75. The van der Waals surface area contributed by atoms with Crippen molar-refractivity contribution in [3.8, 4) is 0 Å². The number of carboxylic acid groups (broad SMARTS) is 1. The van der Waals surface area contributed by atoms with Gasteiger partial charge in [-0.05, 0) is 74.1 Å². The van der Waals surface area contributed by atoms with Gasteiger partial charge in [-0.2, -0.15) is 0 Å². The Balaban J connectivity index is 1.80. The maximum absolute atomic E-state index is 12.1. The van der Waals surface area contributed by atoms with Crippen LogP contribution in [0, 0.1) is 0 Å². The van der Waals surface area contributed by atoms with Gasteiger partial charge in [0.05, 0.1) is 16.8 Å². The van der Waals surface area contributed by atoms with Crippen LogP contribution in [-0.4, -0.2) is 29.1 Å². The minimum Gasteiger partial charge on any atom is -0.478 e. The largest absolute Gasteiger partial charge is 0.478 e. The molecular formula is C25H26N2O2. The standard InChI is InChI=1S/C25H26N2O2/c1-3-27(4-2)19-14-12-17(13-15-19)16-18-8-7-10-21-23(25(28)29)20-9-5-6-11-22(20)26-24(18)21/h5-6,9,11-16H,3-4,7-8,10H2,1-2H3,(H,28,29)/b18-16-. The van der Waals surface area contributed by atoms with Crippen molar-refractivity contribution in [2.75, 3.05) is 18.0 Å². The molecule has 0 spiro atoms. The third kappa shape index (κ3) is 3.63. The Morgan fingerprint density at radius 1 is 1.07 bits per heavy atom. The van der Waals surface area contributed by atoms with E-state index in [0.29, 0.717) is 5.56 Å². The number of hydrogen-bond donors (Lipinski definition) is 1. The average Bonchev–Trinajstić information content (AvgIpc) is 2.74. The van der Waals surface area contributed by atoms with E-state index < -0.39 is 5.97 Å². The Labute approximate surface area is 171 Å². The molecule has 0 fully saturated rings. The summed E-state index contributed by atoms with van der Waals surface area (Å²) in [6.07, 6.45) is 4.77. The summed E-state index contributed by atoms with van der Waals surface area (Å²) in [6.45, 7) is 6.29. The van der Waals surface area contributed by atoms with Gasteiger partial charge >= 0.3 is 5.97 Å². The number of rotatable bonds is 5. The van der Waals surface area contributed by atoms with Crippen molar-refractivity contribution >= 4 is 34.2 Å². The van der Waals surface area contributed by atoms with Crippen molar-refractivity contribution in [1.29, 1.82) is 0 Å². The Bertz CT molecular complexity index is 1080. The van der Waals surface area contributed by atoms with Gasteiger partial charge in [-0.3, -0.25) is 0 Å². The van der Waals surface area contributed by atoms with Crippen molar-refractivity contribution in [2.45, 2.75) is 33.1 Å². The van der Waals surface area contributed by atoms with Crippen molar-refractivity contribution in [2.24, 2.45) is 0 Å². The van der Waals surface area contributed by atoms with Gasteiger partial charge in [-0.15, -0.1) is 0 Å². The smallest absolute Gasteiger partial charge is 0.336 e. The molecule has 29 heavy (non-hydrogen) atoms. The summed E-state index contributed by atoms with van der Waals surface area (Å²) >= 11 is 0. The summed E-state index contributed by atoms with van der Waals surface area (Å²) in [6, 6.07) is 16.1. The van der Waals surface area contributed by atoms with Crippen molar-refractivity contribution in [1.82, 2.24) is 4.98 Å². The van der Waals surface area contributed by atoms with Gasteiger partial charge in [-0.25, -0.2) is 9.78 Å². The molecule has 0 bridgehead atoms. The summed E-state index contributed by atoms with van der Waals surface area (Å²) in [5, 5.41) is 10.6. The molecule has 4 heteroatoms. The van der Waals surface area contributed by atoms with Gasteiger partial charge in [-0.1, -0.05) is 30.3 Å². The van der Waals surface area contributed by atoms with E-state index in [9.17, 15) is 9.90 Å². The highest BCUT2D eigenvalue weighted by atomic mass is 16.4. The lowest BCUT2D eigenvalue weighted by molar-refractivity contribution is 0.0697. The van der Waals surface area contributed by atoms with Gasteiger partial charge < -0.3 is 10.0 Å². The average molecular weight is 386 g/mol. The summed E-state index contributed by atoms with van der Waals surface area (Å²) in [7, 11) is 0. The number of benzene rings is 2. The van der Waals surface area contributed by atoms with E-state index >= 15 is 0 Å². The van der Waals surface area contributed by atoms with Crippen LogP contribution in [0.3, 0.4) is 0 Å². The SMILES string of the molecule is CCN(CC)c1ccc(/C=C2/CCCc3c2nc2ccccc2c3C(=O)O)cc1. The molecule has 1 aromatic heterocycles. The fraction of sp³-hybridized carbons (Fsp3) is 0.280. The Kier molecular flexibility index (Phi) is 5.34. The first kappa shape index (κ1) is 19.2. The van der Waals surface area contributed by atoms with Crippen LogP contribution < -0.4 is 4.90 Å². The lowest BCUT2D eigenvalue weighted by Crippen LogP contribution is -2.21. The number of nitrogens with zero attached hydrogens (tertiary/aromatic N) is 2. The van der Waals surface area contributed by atoms with Gasteiger partial charge in [0.25, 0.3) is 0 Å². The van der Waals surface area contributed by atoms with Crippen LogP contribution in [0.1, 0.15) is 53.9 Å². The van der Waals surface area contributed by atoms with E-state index in [1.165, 1.54) is 5.69 Å². The number of fused-ring (bicyclic) bond motifs is 2. The number of carbonyl (C=O) groups is 1. The molecule has 0 unspecified atom stereocenters. The molecule has 0 radical (unpaired) electrons. The molecule has 0 saturated heterocycles. The van der Waals surface area contributed by atoms with Crippen molar-refractivity contribution < 1.29 is 9.90 Å². The predicted molar refractivity (Wildman–Crippen MR) is 120 cm³/mol. The van der Waals surface area contributed by atoms with Crippen molar-refractivity contribution in [3.05, 3.63) is 70.9 Å². The first-order valence-corrected chi connectivity index (χ1v) is 10.3. The van der Waals surface area contributed by atoms with Crippen LogP contribution in [0.25, 0.3) is 22.6 Å². The van der Waals surface area contributed by atoms with Gasteiger partial charge in [0.15, 0.2) is 0 Å². The summed E-state index contributed by atoms with van der Waals surface area (Å²) < 4.78 is 0. The maximum Gasteiger partial charge on any atom is 0.336 e. The molecule has 0 atom stereocenters. The van der Waals surface area contributed by atoms with E-state index in [2.05, 4.69) is 49.1 Å². The molecule has 148 valence electrons. The molecule has 1 aliphatic carbocycles. The number of anilines is 1. The number of pyridine rings is 1. The van der Waals surface area contributed by atoms with Crippen LogP contribution in [0.2, 0.25) is 0 Å². The second-order valence-corrected chi connectivity index (χ2v) is 7.42. The molecule has 0 aliphatic heterocycles. The molecule has 0 amide bonds. The third-order valence-corrected chi connectivity index (χ3v) is 5.75. The van der Waals surface area contributed by atoms with Crippen LogP contribution in [0.4, 0.5) is 5.69 Å². The second-order valence-electron chi connectivity index (χ2n) is 7.42. The number of carboxylic acids is 1. The number of allylic oxidation sites excluding steroid dienone is 1. The maximum atomic E-state index is 12.1. The molecule has 0 saturated carbocycles. The highest BCUT2D eigenvalue weighted by Gasteiger charge is 2.24. The normalized spacial score (nSPS) is 14.8. The summed E-state index contributed by atoms with van der Waals surface area (Å²) in [4.78, 5) is 19.2. The minimum absolute atomic E-state index is 0.410. The Morgan fingerprint density at radius 2 is 1.79 bits per heavy atom. The second kappa shape index (κ2) is 8.08. The van der Waals surface area contributed by atoms with Crippen LogP contribution in [-0.2, 0) is 6.42 Å². The van der Waals surface area contributed by atoms with Gasteiger partial charge in [0, 0.05) is 24.2 Å². The fourth-order valence-electron chi connectivity index (χ4n) is 4.29. The Hall–Kier alpha value is -3.14. The summed E-state index contributed by atoms with van der Waals surface area (Å²) in [5.74, 6) is -0.871. The van der Waals surface area contributed by atoms with Crippen LogP contribution in [0.15, 0.2) is 48.5 Å². The minimum atomic E-state index is -0.871. The number of hydrogen-bond acceptors (Lipinski definition) is 3. The molecule has 1 aliphatic rings. The zero-order valence-electron chi connectivity index (χ0n) is 17.0. The van der Waals surface area contributed by atoms with E-state index in [1.807, 2.05) is 24.3 Å². The van der Waals surface area contributed by atoms with E-state index in [0.717, 1.165) is 65.6 Å². The van der Waals surface area contributed by atoms with E-state index in [4.69, 9.17) is 4.98 Å². The summed E-state index contributed by atoms with van der Waals surface area (Å²) in [5.41, 5.74) is 6.33. The molecule has 1 N–H and O–H groups in total. The lowest BCUT2D eigenvalue weighted by atomic mass is 9.86. The zero-order valence-corrected chi connectivity index (χ0v) is 17.0. The number of para-hydroxylation sites is 1. The molecule has 3 aromatic rings. The highest BCUT2D eigenvalue weighted by Crippen LogP contribution is 2.36. The first-order valence-electron chi connectivity index (χ1n) is 10.3. The highest BCUT2D eigenvalue weighted by molar-refractivity contribution is 6.05. The molecular weight excluding hydrogens is 360 g/mol. The van der Waals surface area contributed by atoms with Crippen LogP contribution >= 0.6 is 0 Å². The molecule has 1 heterocycles. The van der Waals surface area contributed by atoms with Gasteiger partial charge in [0.2, 0.25) is 0 Å². The first-order chi connectivity index (χ1) is 14.1. The quantitative estimate of drug-likeness (QED) is 0.615. The topological polar surface area (TPSA) is 53.4 Å². The molecule has 4 rings (SSSR count). The fourth-order valence-corrected chi connectivity index (χ4v) is 4.29. The molecule has 2 aromatic carbocycles.